The number of rotatable bonds is 9. The second-order valence-electron chi connectivity index (χ2n) is 11.2. The van der Waals surface area contributed by atoms with Crippen LogP contribution in [-0.4, -0.2) is 71.2 Å². The van der Waals surface area contributed by atoms with Crippen molar-refractivity contribution in [3.8, 4) is 23.3 Å². The lowest BCUT2D eigenvalue weighted by Gasteiger charge is -2.46. The monoisotopic (exact) mass is 653 g/mol. The van der Waals surface area contributed by atoms with Crippen LogP contribution in [0.4, 0.5) is 11.4 Å². The first-order valence-corrected chi connectivity index (χ1v) is 16.7. The van der Waals surface area contributed by atoms with Crippen LogP contribution in [0.5, 0.6) is 17.2 Å². The Morgan fingerprint density at radius 1 is 0.915 bits per heavy atom. The molecule has 12 heteroatoms. The fraction of sp³-hybridized carbons (Fsp3) is 0.286. The number of pyridine rings is 1. The Morgan fingerprint density at radius 2 is 1.68 bits per heavy atom. The van der Waals surface area contributed by atoms with Crippen LogP contribution in [0.15, 0.2) is 83.9 Å². The minimum atomic E-state index is -4.55. The van der Waals surface area contributed by atoms with Crippen LogP contribution in [0.25, 0.3) is 0 Å². The summed E-state index contributed by atoms with van der Waals surface area (Å²) in [7, 11) is -1.73. The van der Waals surface area contributed by atoms with Crippen LogP contribution < -0.4 is 23.4 Å². The van der Waals surface area contributed by atoms with E-state index in [0.717, 1.165) is 15.7 Å². The van der Waals surface area contributed by atoms with E-state index >= 15 is 4.79 Å². The van der Waals surface area contributed by atoms with Crippen molar-refractivity contribution < 1.29 is 27.4 Å². The van der Waals surface area contributed by atoms with Crippen molar-refractivity contribution in [1.82, 2.24) is 9.88 Å². The second kappa shape index (κ2) is 12.6. The van der Waals surface area contributed by atoms with Gasteiger partial charge in [-0.15, -0.1) is 0 Å². The number of anilines is 2. The zero-order valence-corrected chi connectivity index (χ0v) is 27.5. The number of fused-ring (bicyclic) bond motifs is 1. The molecule has 1 unspecified atom stereocenters. The van der Waals surface area contributed by atoms with Gasteiger partial charge in [-0.3, -0.25) is 14.7 Å². The Bertz CT molecular complexity index is 1990. The van der Waals surface area contributed by atoms with E-state index in [1.807, 2.05) is 36.9 Å². The zero-order chi connectivity index (χ0) is 33.3. The molecule has 2 aliphatic rings. The van der Waals surface area contributed by atoms with Crippen LogP contribution in [0.3, 0.4) is 0 Å². The summed E-state index contributed by atoms with van der Waals surface area (Å²) in [4.78, 5) is 23.7. The molecule has 3 aromatic carbocycles. The van der Waals surface area contributed by atoms with E-state index in [1.165, 1.54) is 44.6 Å². The summed E-state index contributed by atoms with van der Waals surface area (Å²) in [5.41, 5.74) is 1.61. The molecule has 6 rings (SSSR count). The van der Waals surface area contributed by atoms with E-state index in [2.05, 4.69) is 16.0 Å². The topological polar surface area (TPSA) is 125 Å². The number of piperazine rings is 1. The van der Waals surface area contributed by atoms with Crippen molar-refractivity contribution in [2.45, 2.75) is 24.3 Å². The SMILES string of the molecule is CCOc1ccccc1C1(N2CCN(c3ccnc(C)c3)CC2)C(=O)N(S(=O)(=O)c2ccc(OC)cc2OC)c2ccc(C#N)cc21. The van der Waals surface area contributed by atoms with Gasteiger partial charge in [0.2, 0.25) is 0 Å². The number of amides is 1. The van der Waals surface area contributed by atoms with E-state index in [0.29, 0.717) is 61.0 Å². The summed E-state index contributed by atoms with van der Waals surface area (Å²) in [6.07, 6.45) is 1.77. The molecule has 1 amide bonds. The van der Waals surface area contributed by atoms with Crippen molar-refractivity contribution in [1.29, 1.82) is 5.26 Å². The molecule has 1 fully saturated rings. The maximum absolute atomic E-state index is 15.4. The van der Waals surface area contributed by atoms with Crippen LogP contribution in [-0.2, 0) is 20.4 Å². The number of hydrogen-bond donors (Lipinski definition) is 0. The van der Waals surface area contributed by atoms with E-state index < -0.39 is 21.5 Å². The van der Waals surface area contributed by atoms with Crippen molar-refractivity contribution in [3.63, 3.8) is 0 Å². The molecule has 0 N–H and O–H groups in total. The molecule has 0 bridgehead atoms. The van der Waals surface area contributed by atoms with Crippen molar-refractivity contribution in [3.05, 3.63) is 101 Å². The molecule has 0 aliphatic carbocycles. The standard InChI is InChI=1S/C35H35N5O6S/c1-5-46-31-9-7-6-8-28(31)35(39-18-16-38(17-19-39)26-14-15-37-24(2)20-26)29-21-25(23-36)10-12-30(29)40(34(35)41)47(42,43)33-13-11-27(44-3)22-32(33)45-4/h6-15,20-22H,5,16-19H2,1-4H3. The number of benzene rings is 3. The number of aryl methyl sites for hydroxylation is 1. The van der Waals surface area contributed by atoms with Gasteiger partial charge in [-0.2, -0.15) is 5.26 Å². The first-order chi connectivity index (χ1) is 22.7. The largest absolute Gasteiger partial charge is 0.497 e. The molecule has 2 aliphatic heterocycles. The Hall–Kier alpha value is -5.12. The fourth-order valence-corrected chi connectivity index (χ4v) is 8.18. The van der Waals surface area contributed by atoms with Gasteiger partial charge in [0.05, 0.1) is 38.1 Å². The lowest BCUT2D eigenvalue weighted by atomic mass is 9.80. The van der Waals surface area contributed by atoms with Gasteiger partial charge in [0.1, 0.15) is 22.1 Å². The van der Waals surface area contributed by atoms with Crippen LogP contribution in [0.1, 0.15) is 29.3 Å². The summed E-state index contributed by atoms with van der Waals surface area (Å²) < 4.78 is 47.1. The molecule has 0 saturated carbocycles. The average Bonchev–Trinajstić information content (AvgIpc) is 3.36. The molecule has 1 saturated heterocycles. The lowest BCUT2D eigenvalue weighted by molar-refractivity contribution is -0.127. The van der Waals surface area contributed by atoms with Crippen LogP contribution in [0.2, 0.25) is 0 Å². The molecule has 47 heavy (non-hydrogen) atoms. The number of carbonyl (C=O) groups excluding carboxylic acids is 1. The highest BCUT2D eigenvalue weighted by Crippen LogP contribution is 2.53. The van der Waals surface area contributed by atoms with Gasteiger partial charge < -0.3 is 19.1 Å². The predicted octanol–water partition coefficient (Wildman–Crippen LogP) is 4.48. The first kappa shape index (κ1) is 31.8. The maximum Gasteiger partial charge on any atom is 0.274 e. The van der Waals surface area contributed by atoms with Crippen molar-refractivity contribution in [2.24, 2.45) is 0 Å². The summed E-state index contributed by atoms with van der Waals surface area (Å²) in [5, 5.41) is 9.98. The number of carbonyl (C=O) groups is 1. The number of hydrogen-bond acceptors (Lipinski definition) is 10. The number of para-hydroxylation sites is 1. The molecule has 11 nitrogen and oxygen atoms in total. The van der Waals surface area contributed by atoms with Gasteiger partial charge in [-0.05, 0) is 62.4 Å². The van der Waals surface area contributed by atoms with Gasteiger partial charge in [0.15, 0.2) is 5.54 Å². The van der Waals surface area contributed by atoms with E-state index in [-0.39, 0.29) is 16.3 Å². The number of nitriles is 1. The number of aromatic nitrogens is 1. The van der Waals surface area contributed by atoms with E-state index in [9.17, 15) is 13.7 Å². The minimum Gasteiger partial charge on any atom is -0.497 e. The van der Waals surface area contributed by atoms with Gasteiger partial charge in [-0.1, -0.05) is 18.2 Å². The summed E-state index contributed by atoms with van der Waals surface area (Å²) in [5.74, 6) is 0.182. The molecule has 1 aromatic heterocycles. The molecule has 242 valence electrons. The highest BCUT2D eigenvalue weighted by Gasteiger charge is 2.61. The summed E-state index contributed by atoms with van der Waals surface area (Å²) >= 11 is 0. The Morgan fingerprint density at radius 3 is 2.36 bits per heavy atom. The third kappa shape index (κ3) is 5.21. The van der Waals surface area contributed by atoms with Gasteiger partial charge in [-0.25, -0.2) is 12.7 Å². The lowest BCUT2D eigenvalue weighted by Crippen LogP contribution is -2.60. The third-order valence-electron chi connectivity index (χ3n) is 8.69. The molecular formula is C35H35N5O6S. The van der Waals surface area contributed by atoms with Crippen molar-refractivity contribution >= 4 is 27.3 Å². The normalized spacial score (nSPS) is 18.1. The fourth-order valence-electron chi connectivity index (χ4n) is 6.58. The zero-order valence-electron chi connectivity index (χ0n) is 26.6. The van der Waals surface area contributed by atoms with Gasteiger partial charge in [0, 0.05) is 61.0 Å². The maximum atomic E-state index is 15.4. The first-order valence-electron chi connectivity index (χ1n) is 15.2. The average molecular weight is 654 g/mol. The second-order valence-corrected chi connectivity index (χ2v) is 13.0. The predicted molar refractivity (Wildman–Crippen MR) is 177 cm³/mol. The smallest absolute Gasteiger partial charge is 0.274 e. The molecule has 3 heterocycles. The third-order valence-corrected chi connectivity index (χ3v) is 10.4. The molecule has 0 radical (unpaired) electrons. The quantitative estimate of drug-likeness (QED) is 0.255. The van der Waals surface area contributed by atoms with Crippen LogP contribution in [0, 0.1) is 18.3 Å². The van der Waals surface area contributed by atoms with E-state index in [4.69, 9.17) is 14.2 Å². The Labute approximate surface area is 274 Å². The Kier molecular flexibility index (Phi) is 8.53. The number of ether oxygens (including phenoxy) is 3. The molecular weight excluding hydrogens is 618 g/mol. The molecule has 4 aromatic rings. The van der Waals surface area contributed by atoms with Crippen molar-refractivity contribution in [2.75, 3.05) is 56.2 Å². The molecule has 0 spiro atoms. The van der Waals surface area contributed by atoms with Gasteiger partial charge >= 0.3 is 0 Å². The highest BCUT2D eigenvalue weighted by molar-refractivity contribution is 7.93. The highest BCUT2D eigenvalue weighted by atomic mass is 32.2. The van der Waals surface area contributed by atoms with Gasteiger partial charge in [0.25, 0.3) is 15.9 Å². The summed E-state index contributed by atoms with van der Waals surface area (Å²) in [6.45, 7) is 6.04. The number of nitrogens with zero attached hydrogens (tertiary/aromatic N) is 5. The minimum absolute atomic E-state index is 0.0285. The Balaban J connectivity index is 1.57. The number of methoxy groups -OCH3 is 2. The molecule has 1 atom stereocenters. The van der Waals surface area contributed by atoms with E-state index in [1.54, 1.807) is 30.5 Å². The number of sulfonamides is 1. The summed E-state index contributed by atoms with van der Waals surface area (Å²) in [6, 6.07) is 22.4. The van der Waals surface area contributed by atoms with Crippen LogP contribution >= 0.6 is 0 Å².